The highest BCUT2D eigenvalue weighted by atomic mass is 15.3. The predicted molar refractivity (Wildman–Crippen MR) is 96.3 cm³/mol. The van der Waals surface area contributed by atoms with Crippen LogP contribution in [0.2, 0.25) is 0 Å². The van der Waals surface area contributed by atoms with Crippen LogP contribution in [0.1, 0.15) is 17.0 Å². The third-order valence-electron chi connectivity index (χ3n) is 4.24. The van der Waals surface area contributed by atoms with Gasteiger partial charge in [0.05, 0.1) is 5.52 Å². The Bertz CT molecular complexity index is 1020. The van der Waals surface area contributed by atoms with Crippen molar-refractivity contribution >= 4 is 22.5 Å². The number of nitrogens with zero attached hydrogens (tertiary/aromatic N) is 5. The van der Waals surface area contributed by atoms with Gasteiger partial charge in [0.25, 0.3) is 0 Å². The van der Waals surface area contributed by atoms with E-state index in [-0.39, 0.29) is 0 Å². The molecule has 2 aromatic carbocycles. The number of aromatic nitrogens is 4. The maximum Gasteiger partial charge on any atom is 0.213 e. The Morgan fingerprint density at radius 3 is 2.58 bits per heavy atom. The van der Waals surface area contributed by atoms with Gasteiger partial charge in [-0.25, -0.2) is 9.38 Å². The van der Waals surface area contributed by atoms with E-state index in [0.717, 1.165) is 34.9 Å². The lowest BCUT2D eigenvalue weighted by atomic mass is 10.1. The third kappa shape index (κ3) is 2.38. The monoisotopic (exact) mass is 317 g/mol. The van der Waals surface area contributed by atoms with Gasteiger partial charge in [-0.3, -0.25) is 0 Å². The van der Waals surface area contributed by atoms with E-state index in [2.05, 4.69) is 64.5 Å². The maximum atomic E-state index is 4.88. The molecule has 2 heterocycles. The highest BCUT2D eigenvalue weighted by molar-refractivity contribution is 5.93. The van der Waals surface area contributed by atoms with E-state index in [1.807, 2.05) is 24.4 Å². The highest BCUT2D eigenvalue weighted by Crippen LogP contribution is 2.25. The quantitative estimate of drug-likeness (QED) is 0.580. The van der Waals surface area contributed by atoms with E-state index in [1.165, 1.54) is 11.1 Å². The molecular weight excluding hydrogens is 298 g/mol. The molecule has 2 aromatic heterocycles. The van der Waals surface area contributed by atoms with Crippen molar-refractivity contribution < 1.29 is 0 Å². The van der Waals surface area contributed by atoms with Gasteiger partial charge < -0.3 is 4.90 Å². The Balaban J connectivity index is 1.90. The first-order valence-electron chi connectivity index (χ1n) is 8.00. The zero-order valence-electron chi connectivity index (χ0n) is 14.1. The standard InChI is InChI=1S/C19H19N5/c1-13-9-10-17-16(11-13)18-22-21-14(2)24(18)19(20-17)23(3)12-15-7-5-4-6-8-15/h4-11H,12H2,1-3H3. The molecule has 120 valence electrons. The van der Waals surface area contributed by atoms with Crippen molar-refractivity contribution in [2.24, 2.45) is 0 Å². The van der Waals surface area contributed by atoms with E-state index >= 15 is 0 Å². The summed E-state index contributed by atoms with van der Waals surface area (Å²) in [5.41, 5.74) is 4.23. The molecule has 5 nitrogen and oxygen atoms in total. The van der Waals surface area contributed by atoms with Gasteiger partial charge in [0.1, 0.15) is 5.82 Å². The Kier molecular flexibility index (Phi) is 3.41. The Labute approximate surface area is 140 Å². The van der Waals surface area contributed by atoms with Gasteiger partial charge in [-0.15, -0.1) is 10.2 Å². The van der Waals surface area contributed by atoms with Gasteiger partial charge in [-0.2, -0.15) is 0 Å². The number of hydrogen-bond acceptors (Lipinski definition) is 4. The molecule has 0 amide bonds. The van der Waals surface area contributed by atoms with Crippen LogP contribution in [-0.4, -0.2) is 26.6 Å². The third-order valence-corrected chi connectivity index (χ3v) is 4.24. The normalized spacial score (nSPS) is 11.3. The van der Waals surface area contributed by atoms with Gasteiger partial charge >= 0.3 is 0 Å². The molecule has 0 radical (unpaired) electrons. The first-order valence-corrected chi connectivity index (χ1v) is 8.00. The van der Waals surface area contributed by atoms with Crippen molar-refractivity contribution in [1.82, 2.24) is 19.6 Å². The molecule has 0 fully saturated rings. The molecule has 24 heavy (non-hydrogen) atoms. The second-order valence-electron chi connectivity index (χ2n) is 6.18. The summed E-state index contributed by atoms with van der Waals surface area (Å²) < 4.78 is 2.03. The molecule has 0 saturated carbocycles. The minimum absolute atomic E-state index is 0.776. The number of anilines is 1. The molecular formula is C19H19N5. The summed E-state index contributed by atoms with van der Waals surface area (Å²) in [6.45, 7) is 4.82. The molecule has 4 aromatic rings. The van der Waals surface area contributed by atoms with Crippen molar-refractivity contribution in [2.45, 2.75) is 20.4 Å². The van der Waals surface area contributed by atoms with E-state index in [0.29, 0.717) is 0 Å². The maximum absolute atomic E-state index is 4.88. The van der Waals surface area contributed by atoms with Crippen LogP contribution in [0.5, 0.6) is 0 Å². The number of fused-ring (bicyclic) bond motifs is 3. The summed E-state index contributed by atoms with van der Waals surface area (Å²) in [6.07, 6.45) is 0. The fourth-order valence-electron chi connectivity index (χ4n) is 3.04. The van der Waals surface area contributed by atoms with Crippen LogP contribution in [0.4, 0.5) is 5.95 Å². The Morgan fingerprint density at radius 2 is 1.79 bits per heavy atom. The minimum atomic E-state index is 0.776. The second kappa shape index (κ2) is 5.60. The van der Waals surface area contributed by atoms with E-state index in [1.54, 1.807) is 0 Å². The summed E-state index contributed by atoms with van der Waals surface area (Å²) in [5, 5.41) is 9.69. The molecule has 0 bridgehead atoms. The minimum Gasteiger partial charge on any atom is -0.341 e. The van der Waals surface area contributed by atoms with Crippen molar-refractivity contribution in [1.29, 1.82) is 0 Å². The van der Waals surface area contributed by atoms with Gasteiger partial charge in [0.15, 0.2) is 5.65 Å². The molecule has 0 spiro atoms. The van der Waals surface area contributed by atoms with Crippen LogP contribution in [0.15, 0.2) is 48.5 Å². The molecule has 0 aliphatic rings. The van der Waals surface area contributed by atoms with Crippen LogP contribution in [0.25, 0.3) is 16.6 Å². The lowest BCUT2D eigenvalue weighted by Crippen LogP contribution is -2.21. The number of benzene rings is 2. The van der Waals surface area contributed by atoms with Crippen LogP contribution in [0, 0.1) is 13.8 Å². The summed E-state index contributed by atoms with van der Waals surface area (Å²) >= 11 is 0. The van der Waals surface area contributed by atoms with Gasteiger partial charge in [-0.1, -0.05) is 42.0 Å². The van der Waals surface area contributed by atoms with Gasteiger partial charge in [0, 0.05) is 19.0 Å². The first kappa shape index (κ1) is 14.6. The molecule has 0 atom stereocenters. The fourth-order valence-corrected chi connectivity index (χ4v) is 3.04. The Morgan fingerprint density at radius 1 is 1.00 bits per heavy atom. The van der Waals surface area contributed by atoms with E-state index in [9.17, 15) is 0 Å². The second-order valence-corrected chi connectivity index (χ2v) is 6.18. The fraction of sp³-hybridized carbons (Fsp3) is 0.211. The number of hydrogen-bond donors (Lipinski definition) is 0. The average Bonchev–Trinajstić information content (AvgIpc) is 2.97. The smallest absolute Gasteiger partial charge is 0.213 e. The predicted octanol–water partition coefficient (Wildman–Crippen LogP) is 3.53. The number of rotatable bonds is 3. The van der Waals surface area contributed by atoms with Gasteiger partial charge in [0.2, 0.25) is 5.95 Å². The highest BCUT2D eigenvalue weighted by Gasteiger charge is 2.16. The molecule has 4 rings (SSSR count). The summed E-state index contributed by atoms with van der Waals surface area (Å²) in [4.78, 5) is 7.02. The molecule has 0 aliphatic carbocycles. The van der Waals surface area contributed by atoms with Crippen molar-refractivity contribution in [3.05, 3.63) is 65.5 Å². The van der Waals surface area contributed by atoms with Gasteiger partial charge in [-0.05, 0) is 31.5 Å². The zero-order chi connectivity index (χ0) is 16.7. The van der Waals surface area contributed by atoms with Crippen LogP contribution in [-0.2, 0) is 6.54 Å². The number of aryl methyl sites for hydroxylation is 2. The molecule has 0 saturated heterocycles. The van der Waals surface area contributed by atoms with Crippen molar-refractivity contribution in [3.63, 3.8) is 0 Å². The molecule has 0 N–H and O–H groups in total. The largest absolute Gasteiger partial charge is 0.341 e. The summed E-state index contributed by atoms with van der Waals surface area (Å²) in [5.74, 6) is 1.70. The van der Waals surface area contributed by atoms with Crippen molar-refractivity contribution in [2.75, 3.05) is 11.9 Å². The molecule has 5 heteroatoms. The van der Waals surface area contributed by atoms with Crippen molar-refractivity contribution in [3.8, 4) is 0 Å². The summed E-state index contributed by atoms with van der Waals surface area (Å²) in [7, 11) is 2.05. The zero-order valence-corrected chi connectivity index (χ0v) is 14.1. The topological polar surface area (TPSA) is 46.3 Å². The van der Waals surface area contributed by atoms with Crippen LogP contribution >= 0.6 is 0 Å². The SMILES string of the molecule is Cc1ccc2nc(N(C)Cc3ccccc3)n3c(C)nnc3c2c1. The lowest BCUT2D eigenvalue weighted by molar-refractivity contribution is 0.843. The van der Waals surface area contributed by atoms with Crippen LogP contribution in [0.3, 0.4) is 0 Å². The molecule has 0 aliphatic heterocycles. The van der Waals surface area contributed by atoms with E-state index in [4.69, 9.17) is 4.98 Å². The Hall–Kier alpha value is -2.95. The van der Waals surface area contributed by atoms with E-state index < -0.39 is 0 Å². The lowest BCUT2D eigenvalue weighted by Gasteiger charge is -2.20. The first-order chi connectivity index (χ1) is 11.6. The van der Waals surface area contributed by atoms with Crippen LogP contribution < -0.4 is 4.90 Å². The molecule has 0 unspecified atom stereocenters. The summed E-state index contributed by atoms with van der Waals surface area (Å²) in [6, 6.07) is 16.6. The average molecular weight is 317 g/mol.